The Morgan fingerprint density at radius 2 is 1.93 bits per heavy atom. The van der Waals surface area contributed by atoms with Crippen molar-refractivity contribution in [2.24, 2.45) is 0 Å². The number of anilines is 2. The molecule has 2 rings (SSSR count). The van der Waals surface area contributed by atoms with Gasteiger partial charge in [0.25, 0.3) is 0 Å². The Labute approximate surface area is 80.8 Å². The number of pyridine rings is 1. The third-order valence-electron chi connectivity index (χ3n) is 2.11. The van der Waals surface area contributed by atoms with Gasteiger partial charge in [-0.2, -0.15) is 0 Å². The van der Waals surface area contributed by atoms with Crippen LogP contribution in [0.3, 0.4) is 0 Å². The SMILES string of the molecule is CNc1nc(N)c(F)c2ccccc12. The van der Waals surface area contributed by atoms with E-state index in [0.29, 0.717) is 11.2 Å². The van der Waals surface area contributed by atoms with Crippen molar-refractivity contribution in [3.05, 3.63) is 30.1 Å². The normalized spacial score (nSPS) is 10.4. The van der Waals surface area contributed by atoms with Crippen LogP contribution in [0.2, 0.25) is 0 Å². The van der Waals surface area contributed by atoms with Gasteiger partial charge in [0, 0.05) is 17.8 Å². The first-order chi connectivity index (χ1) is 6.74. The molecule has 1 aromatic carbocycles. The van der Waals surface area contributed by atoms with Crippen LogP contribution in [0.5, 0.6) is 0 Å². The highest BCUT2D eigenvalue weighted by Gasteiger charge is 2.09. The van der Waals surface area contributed by atoms with Gasteiger partial charge in [-0.25, -0.2) is 9.37 Å². The summed E-state index contributed by atoms with van der Waals surface area (Å²) in [6, 6.07) is 7.09. The van der Waals surface area contributed by atoms with Crippen LogP contribution in [0.4, 0.5) is 16.0 Å². The van der Waals surface area contributed by atoms with Crippen molar-refractivity contribution < 1.29 is 4.39 Å². The molecule has 0 saturated carbocycles. The molecule has 0 aliphatic heterocycles. The van der Waals surface area contributed by atoms with Crippen LogP contribution in [-0.4, -0.2) is 12.0 Å². The second kappa shape index (κ2) is 3.14. The minimum Gasteiger partial charge on any atom is -0.381 e. The molecule has 0 saturated heterocycles. The van der Waals surface area contributed by atoms with Crippen molar-refractivity contribution in [1.82, 2.24) is 4.98 Å². The number of hydrogen-bond donors (Lipinski definition) is 2. The maximum Gasteiger partial charge on any atom is 0.173 e. The molecule has 0 bridgehead atoms. The van der Waals surface area contributed by atoms with Gasteiger partial charge >= 0.3 is 0 Å². The molecule has 1 aromatic heterocycles. The Bertz CT molecular complexity index is 482. The molecule has 0 radical (unpaired) electrons. The van der Waals surface area contributed by atoms with E-state index in [1.807, 2.05) is 6.07 Å². The van der Waals surface area contributed by atoms with E-state index in [0.717, 1.165) is 5.39 Å². The molecule has 1 heterocycles. The largest absolute Gasteiger partial charge is 0.381 e. The summed E-state index contributed by atoms with van der Waals surface area (Å²) in [5.74, 6) is 0.0622. The molecule has 2 aromatic rings. The van der Waals surface area contributed by atoms with Gasteiger partial charge in [-0.3, -0.25) is 0 Å². The van der Waals surface area contributed by atoms with Gasteiger partial charge in [0.1, 0.15) is 5.82 Å². The number of fused-ring (bicyclic) bond motifs is 1. The van der Waals surface area contributed by atoms with Gasteiger partial charge in [-0.05, 0) is 0 Å². The molecular formula is C10H10FN3. The Morgan fingerprint density at radius 3 is 2.57 bits per heavy atom. The zero-order valence-corrected chi connectivity index (χ0v) is 7.71. The van der Waals surface area contributed by atoms with Gasteiger partial charge < -0.3 is 11.1 Å². The van der Waals surface area contributed by atoms with Crippen molar-refractivity contribution in [3.8, 4) is 0 Å². The fourth-order valence-corrected chi connectivity index (χ4v) is 1.44. The van der Waals surface area contributed by atoms with Crippen molar-refractivity contribution >= 4 is 22.4 Å². The summed E-state index contributed by atoms with van der Waals surface area (Å²) >= 11 is 0. The van der Waals surface area contributed by atoms with Crippen LogP contribution in [0, 0.1) is 5.82 Å². The zero-order valence-electron chi connectivity index (χ0n) is 7.71. The molecule has 0 fully saturated rings. The van der Waals surface area contributed by atoms with E-state index in [4.69, 9.17) is 5.73 Å². The lowest BCUT2D eigenvalue weighted by molar-refractivity contribution is 0.640. The van der Waals surface area contributed by atoms with Crippen LogP contribution >= 0.6 is 0 Å². The Hall–Kier alpha value is -1.84. The lowest BCUT2D eigenvalue weighted by atomic mass is 10.1. The summed E-state index contributed by atoms with van der Waals surface area (Å²) in [6.45, 7) is 0. The summed E-state index contributed by atoms with van der Waals surface area (Å²) < 4.78 is 13.5. The highest BCUT2D eigenvalue weighted by Crippen LogP contribution is 2.26. The first kappa shape index (κ1) is 8.74. The lowest BCUT2D eigenvalue weighted by Gasteiger charge is -2.07. The number of benzene rings is 1. The minimum atomic E-state index is -0.459. The fraction of sp³-hybridized carbons (Fsp3) is 0.100. The van der Waals surface area contributed by atoms with Crippen LogP contribution in [0.25, 0.3) is 10.8 Å². The second-order valence-corrected chi connectivity index (χ2v) is 2.96. The lowest BCUT2D eigenvalue weighted by Crippen LogP contribution is -2.01. The van der Waals surface area contributed by atoms with Gasteiger partial charge in [-0.15, -0.1) is 0 Å². The molecule has 0 atom stereocenters. The number of hydrogen-bond acceptors (Lipinski definition) is 3. The smallest absolute Gasteiger partial charge is 0.173 e. The summed E-state index contributed by atoms with van der Waals surface area (Å²) in [7, 11) is 1.73. The first-order valence-corrected chi connectivity index (χ1v) is 4.25. The number of nitrogens with zero attached hydrogens (tertiary/aromatic N) is 1. The fourth-order valence-electron chi connectivity index (χ4n) is 1.44. The molecule has 0 aliphatic rings. The minimum absolute atomic E-state index is 0.0759. The summed E-state index contributed by atoms with van der Waals surface area (Å²) in [5.41, 5.74) is 5.44. The van der Waals surface area contributed by atoms with E-state index in [2.05, 4.69) is 10.3 Å². The third-order valence-corrected chi connectivity index (χ3v) is 2.11. The molecule has 14 heavy (non-hydrogen) atoms. The molecule has 0 aliphatic carbocycles. The van der Waals surface area contributed by atoms with E-state index in [1.165, 1.54) is 0 Å². The number of aromatic nitrogens is 1. The van der Waals surface area contributed by atoms with E-state index in [-0.39, 0.29) is 5.82 Å². The molecule has 3 nitrogen and oxygen atoms in total. The quantitative estimate of drug-likeness (QED) is 0.724. The van der Waals surface area contributed by atoms with Crippen LogP contribution in [0.15, 0.2) is 24.3 Å². The number of nitrogens with two attached hydrogens (primary N) is 1. The molecular weight excluding hydrogens is 181 g/mol. The van der Waals surface area contributed by atoms with E-state index >= 15 is 0 Å². The predicted molar refractivity (Wildman–Crippen MR) is 55.7 cm³/mol. The van der Waals surface area contributed by atoms with E-state index in [9.17, 15) is 4.39 Å². The Morgan fingerprint density at radius 1 is 1.29 bits per heavy atom. The highest BCUT2D eigenvalue weighted by molar-refractivity contribution is 5.94. The van der Waals surface area contributed by atoms with E-state index < -0.39 is 5.82 Å². The molecule has 0 unspecified atom stereocenters. The van der Waals surface area contributed by atoms with Gasteiger partial charge in [-0.1, -0.05) is 24.3 Å². The first-order valence-electron chi connectivity index (χ1n) is 4.25. The molecule has 0 spiro atoms. The monoisotopic (exact) mass is 191 g/mol. The number of halogens is 1. The average molecular weight is 191 g/mol. The summed E-state index contributed by atoms with van der Waals surface area (Å²) in [5, 5.41) is 4.11. The van der Waals surface area contributed by atoms with Crippen molar-refractivity contribution in [2.45, 2.75) is 0 Å². The number of nitrogens with one attached hydrogen (secondary N) is 1. The van der Waals surface area contributed by atoms with Gasteiger partial charge in [0.15, 0.2) is 11.6 Å². The third kappa shape index (κ3) is 1.16. The molecule has 3 N–H and O–H groups in total. The molecule has 72 valence electrons. The maximum atomic E-state index is 13.5. The standard InChI is InChI=1S/C10H10FN3/c1-13-10-7-5-3-2-4-6(7)8(11)9(12)14-10/h2-5H,1H3,(H3,12,13,14). The predicted octanol–water partition coefficient (Wildman–Crippen LogP) is 2.00. The van der Waals surface area contributed by atoms with Gasteiger partial charge in [0.2, 0.25) is 0 Å². The topological polar surface area (TPSA) is 50.9 Å². The molecule has 4 heteroatoms. The van der Waals surface area contributed by atoms with Crippen LogP contribution in [0.1, 0.15) is 0 Å². The number of rotatable bonds is 1. The van der Waals surface area contributed by atoms with Crippen molar-refractivity contribution in [1.29, 1.82) is 0 Å². The van der Waals surface area contributed by atoms with Crippen LogP contribution < -0.4 is 11.1 Å². The summed E-state index contributed by atoms with van der Waals surface area (Å²) in [4.78, 5) is 3.91. The average Bonchev–Trinajstić information content (AvgIpc) is 2.23. The number of nitrogen functional groups attached to an aromatic ring is 1. The Kier molecular flexibility index (Phi) is 1.96. The second-order valence-electron chi connectivity index (χ2n) is 2.96. The summed E-state index contributed by atoms with van der Waals surface area (Å²) in [6.07, 6.45) is 0. The Balaban J connectivity index is 2.89. The van der Waals surface area contributed by atoms with E-state index in [1.54, 1.807) is 25.2 Å². The molecule has 0 amide bonds. The van der Waals surface area contributed by atoms with Crippen molar-refractivity contribution in [3.63, 3.8) is 0 Å². The van der Waals surface area contributed by atoms with Crippen LogP contribution in [-0.2, 0) is 0 Å². The zero-order chi connectivity index (χ0) is 10.1. The maximum absolute atomic E-state index is 13.5. The van der Waals surface area contributed by atoms with Gasteiger partial charge in [0.05, 0.1) is 0 Å². The van der Waals surface area contributed by atoms with Crippen molar-refractivity contribution in [2.75, 3.05) is 18.1 Å². The highest BCUT2D eigenvalue weighted by atomic mass is 19.1.